The maximum absolute atomic E-state index is 12.5. The van der Waals surface area contributed by atoms with E-state index in [1.807, 2.05) is 13.8 Å². The summed E-state index contributed by atoms with van der Waals surface area (Å²) in [6.45, 7) is 4.21. The van der Waals surface area contributed by atoms with Crippen molar-refractivity contribution in [2.24, 2.45) is 5.92 Å². The zero-order valence-corrected chi connectivity index (χ0v) is 12.6. The maximum Gasteiger partial charge on any atom is 0.329 e. The predicted molar refractivity (Wildman–Crippen MR) is 81.6 cm³/mol. The van der Waals surface area contributed by atoms with Gasteiger partial charge in [-0.1, -0.05) is 49.2 Å². The molecule has 0 radical (unpaired) electrons. The van der Waals surface area contributed by atoms with Crippen LogP contribution < -0.4 is 11.2 Å². The predicted octanol–water partition coefficient (Wildman–Crippen LogP) is 3.17. The number of hydrogen-bond acceptors (Lipinski definition) is 2. The van der Waals surface area contributed by atoms with E-state index in [1.165, 1.54) is 4.57 Å². The Morgan fingerprint density at radius 2 is 1.75 bits per heavy atom. The SMILES string of the molecule is CC(C)Cn1c(=O)[nH]c(Cl)c(-c2ccc(Cl)cc2)c1=O. The Morgan fingerprint density at radius 1 is 1.15 bits per heavy atom. The molecule has 1 heterocycles. The first-order chi connectivity index (χ1) is 9.40. The molecule has 0 saturated heterocycles. The lowest BCUT2D eigenvalue weighted by molar-refractivity contribution is 0.493. The molecule has 0 fully saturated rings. The van der Waals surface area contributed by atoms with Gasteiger partial charge in [0.15, 0.2) is 0 Å². The standard InChI is InChI=1S/C14H14Cl2N2O2/c1-8(2)7-18-13(19)11(12(16)17-14(18)20)9-3-5-10(15)6-4-9/h3-6,8H,7H2,1-2H3,(H,17,20). The minimum Gasteiger partial charge on any atom is -0.297 e. The van der Waals surface area contributed by atoms with E-state index in [9.17, 15) is 9.59 Å². The van der Waals surface area contributed by atoms with Gasteiger partial charge in [-0.2, -0.15) is 0 Å². The second-order valence-corrected chi connectivity index (χ2v) is 5.75. The van der Waals surface area contributed by atoms with Crippen molar-refractivity contribution in [3.8, 4) is 11.1 Å². The second-order valence-electron chi connectivity index (χ2n) is 4.94. The summed E-state index contributed by atoms with van der Waals surface area (Å²) >= 11 is 11.8. The summed E-state index contributed by atoms with van der Waals surface area (Å²) in [5.74, 6) is 0.174. The lowest BCUT2D eigenvalue weighted by Gasteiger charge is -2.11. The number of H-pyrrole nitrogens is 1. The first-order valence-electron chi connectivity index (χ1n) is 6.18. The molecule has 0 aliphatic heterocycles. The molecule has 1 aromatic carbocycles. The molecule has 1 aromatic heterocycles. The quantitative estimate of drug-likeness (QED) is 0.885. The highest BCUT2D eigenvalue weighted by atomic mass is 35.5. The lowest BCUT2D eigenvalue weighted by Crippen LogP contribution is -2.37. The fraction of sp³-hybridized carbons (Fsp3) is 0.286. The Kier molecular flexibility index (Phi) is 4.35. The monoisotopic (exact) mass is 312 g/mol. The number of benzene rings is 1. The maximum atomic E-state index is 12.5. The number of halogens is 2. The molecule has 106 valence electrons. The molecular formula is C14H14Cl2N2O2. The Labute approximate surface area is 126 Å². The van der Waals surface area contributed by atoms with Crippen LogP contribution in [0.1, 0.15) is 13.8 Å². The van der Waals surface area contributed by atoms with Crippen LogP contribution >= 0.6 is 23.2 Å². The van der Waals surface area contributed by atoms with Crippen LogP contribution in [0.4, 0.5) is 0 Å². The molecular weight excluding hydrogens is 299 g/mol. The van der Waals surface area contributed by atoms with E-state index < -0.39 is 11.2 Å². The van der Waals surface area contributed by atoms with Crippen molar-refractivity contribution in [2.75, 3.05) is 0 Å². The van der Waals surface area contributed by atoms with Crippen molar-refractivity contribution in [1.82, 2.24) is 9.55 Å². The van der Waals surface area contributed by atoms with Crippen LogP contribution in [0.5, 0.6) is 0 Å². The van der Waals surface area contributed by atoms with E-state index in [4.69, 9.17) is 23.2 Å². The fourth-order valence-corrected chi connectivity index (χ4v) is 2.34. The lowest BCUT2D eigenvalue weighted by atomic mass is 10.1. The Morgan fingerprint density at radius 3 is 2.30 bits per heavy atom. The van der Waals surface area contributed by atoms with E-state index in [0.29, 0.717) is 17.1 Å². The van der Waals surface area contributed by atoms with E-state index in [0.717, 1.165) is 0 Å². The Bertz CT molecular complexity index is 730. The summed E-state index contributed by atoms with van der Waals surface area (Å²) < 4.78 is 1.17. The van der Waals surface area contributed by atoms with Crippen LogP contribution in [0.15, 0.2) is 33.9 Å². The average molecular weight is 313 g/mol. The van der Waals surface area contributed by atoms with Crippen LogP contribution in [0, 0.1) is 5.92 Å². The Balaban J connectivity index is 2.67. The van der Waals surface area contributed by atoms with Gasteiger partial charge >= 0.3 is 5.69 Å². The summed E-state index contributed by atoms with van der Waals surface area (Å²) in [6, 6.07) is 6.74. The number of aromatic amines is 1. The van der Waals surface area contributed by atoms with Gasteiger partial charge in [0.2, 0.25) is 0 Å². The van der Waals surface area contributed by atoms with Gasteiger partial charge in [-0.25, -0.2) is 4.79 Å². The molecule has 2 rings (SSSR count). The van der Waals surface area contributed by atoms with Gasteiger partial charge in [-0.05, 0) is 23.6 Å². The number of rotatable bonds is 3. The zero-order chi connectivity index (χ0) is 14.9. The molecule has 1 N–H and O–H groups in total. The topological polar surface area (TPSA) is 54.9 Å². The van der Waals surface area contributed by atoms with Gasteiger partial charge in [0.05, 0.1) is 5.56 Å². The highest BCUT2D eigenvalue weighted by Crippen LogP contribution is 2.23. The van der Waals surface area contributed by atoms with Crippen molar-refractivity contribution in [3.05, 3.63) is 55.3 Å². The van der Waals surface area contributed by atoms with Crippen molar-refractivity contribution in [2.45, 2.75) is 20.4 Å². The molecule has 0 aliphatic carbocycles. The van der Waals surface area contributed by atoms with Crippen LogP contribution in [0.3, 0.4) is 0 Å². The van der Waals surface area contributed by atoms with E-state index >= 15 is 0 Å². The molecule has 0 spiro atoms. The fourth-order valence-electron chi connectivity index (χ4n) is 1.94. The molecule has 0 amide bonds. The van der Waals surface area contributed by atoms with Crippen LogP contribution in [-0.2, 0) is 6.54 Å². The third-order valence-corrected chi connectivity index (χ3v) is 3.36. The van der Waals surface area contributed by atoms with Crippen molar-refractivity contribution >= 4 is 23.2 Å². The number of hydrogen-bond donors (Lipinski definition) is 1. The van der Waals surface area contributed by atoms with Crippen LogP contribution in [-0.4, -0.2) is 9.55 Å². The Hall–Kier alpha value is -1.52. The smallest absolute Gasteiger partial charge is 0.297 e. The zero-order valence-electron chi connectivity index (χ0n) is 11.1. The number of nitrogens with one attached hydrogen (secondary N) is 1. The van der Waals surface area contributed by atoms with Crippen molar-refractivity contribution in [3.63, 3.8) is 0 Å². The van der Waals surface area contributed by atoms with Gasteiger partial charge in [0, 0.05) is 11.6 Å². The highest BCUT2D eigenvalue weighted by Gasteiger charge is 2.15. The third-order valence-electron chi connectivity index (χ3n) is 2.82. The summed E-state index contributed by atoms with van der Waals surface area (Å²) in [5, 5.41) is 0.610. The largest absolute Gasteiger partial charge is 0.329 e. The highest BCUT2D eigenvalue weighted by molar-refractivity contribution is 6.32. The van der Waals surface area contributed by atoms with Crippen molar-refractivity contribution in [1.29, 1.82) is 0 Å². The molecule has 0 atom stereocenters. The normalized spacial score (nSPS) is 11.1. The molecule has 20 heavy (non-hydrogen) atoms. The summed E-state index contributed by atoms with van der Waals surface area (Å²) in [6.07, 6.45) is 0. The molecule has 2 aromatic rings. The van der Waals surface area contributed by atoms with Crippen molar-refractivity contribution < 1.29 is 0 Å². The van der Waals surface area contributed by atoms with Gasteiger partial charge in [0.1, 0.15) is 5.15 Å². The van der Waals surface area contributed by atoms with E-state index in [2.05, 4.69) is 4.98 Å². The number of nitrogens with zero attached hydrogens (tertiary/aromatic N) is 1. The average Bonchev–Trinajstić information content (AvgIpc) is 2.36. The molecule has 4 nitrogen and oxygen atoms in total. The van der Waals surface area contributed by atoms with Gasteiger partial charge in [0.25, 0.3) is 5.56 Å². The van der Waals surface area contributed by atoms with E-state index in [-0.39, 0.29) is 16.6 Å². The molecule has 0 saturated carbocycles. The summed E-state index contributed by atoms with van der Waals surface area (Å²) in [5.41, 5.74) is 0.0166. The van der Waals surface area contributed by atoms with Gasteiger partial charge < -0.3 is 0 Å². The van der Waals surface area contributed by atoms with Gasteiger partial charge in [-0.3, -0.25) is 14.3 Å². The first-order valence-corrected chi connectivity index (χ1v) is 6.94. The molecule has 6 heteroatoms. The van der Waals surface area contributed by atoms with E-state index in [1.54, 1.807) is 24.3 Å². The minimum absolute atomic E-state index is 0.0438. The number of aromatic nitrogens is 2. The van der Waals surface area contributed by atoms with Crippen LogP contribution in [0.2, 0.25) is 10.2 Å². The first kappa shape index (κ1) is 14.9. The summed E-state index contributed by atoms with van der Waals surface area (Å²) in [7, 11) is 0. The molecule has 0 unspecified atom stereocenters. The summed E-state index contributed by atoms with van der Waals surface area (Å²) in [4.78, 5) is 26.8. The second kappa shape index (κ2) is 5.85. The van der Waals surface area contributed by atoms with Crippen LogP contribution in [0.25, 0.3) is 11.1 Å². The minimum atomic E-state index is -0.494. The molecule has 0 aliphatic rings. The third kappa shape index (κ3) is 2.97. The van der Waals surface area contributed by atoms with Gasteiger partial charge in [-0.15, -0.1) is 0 Å². The molecule has 0 bridgehead atoms.